The summed E-state index contributed by atoms with van der Waals surface area (Å²) in [5.41, 5.74) is 2.81. The van der Waals surface area contributed by atoms with E-state index in [-0.39, 0.29) is 5.54 Å². The van der Waals surface area contributed by atoms with E-state index in [4.69, 9.17) is 4.42 Å². The minimum absolute atomic E-state index is 0.153. The highest BCUT2D eigenvalue weighted by molar-refractivity contribution is 7.98. The molecule has 3 heteroatoms. The molecule has 2 aromatic rings. The Labute approximate surface area is 126 Å². The summed E-state index contributed by atoms with van der Waals surface area (Å²) in [6, 6.07) is 10.6. The molecule has 1 aromatic carbocycles. The average Bonchev–Trinajstić information content (AvgIpc) is 2.87. The molecule has 0 spiro atoms. The van der Waals surface area contributed by atoms with Crippen LogP contribution >= 0.6 is 11.8 Å². The topological polar surface area (TPSA) is 25.2 Å². The van der Waals surface area contributed by atoms with Gasteiger partial charge >= 0.3 is 0 Å². The third kappa shape index (κ3) is 4.73. The molecule has 2 nitrogen and oxygen atoms in total. The number of benzene rings is 1. The lowest BCUT2D eigenvalue weighted by Gasteiger charge is -2.21. The van der Waals surface area contributed by atoms with E-state index < -0.39 is 0 Å². The average molecular weight is 289 g/mol. The molecule has 108 valence electrons. The summed E-state index contributed by atoms with van der Waals surface area (Å²) in [7, 11) is 0. The first-order chi connectivity index (χ1) is 9.44. The Balaban J connectivity index is 1.95. The van der Waals surface area contributed by atoms with Gasteiger partial charge in [0.05, 0.1) is 12.0 Å². The largest absolute Gasteiger partial charge is 0.468 e. The summed E-state index contributed by atoms with van der Waals surface area (Å²) in [6.07, 6.45) is 1.73. The molecular formula is C17H23NOS. The van der Waals surface area contributed by atoms with Crippen molar-refractivity contribution < 1.29 is 4.42 Å². The van der Waals surface area contributed by atoms with Crippen LogP contribution in [0.4, 0.5) is 0 Å². The van der Waals surface area contributed by atoms with Crippen LogP contribution in [0.25, 0.3) is 0 Å². The zero-order valence-corrected chi connectivity index (χ0v) is 13.5. The van der Waals surface area contributed by atoms with Crippen molar-refractivity contribution in [1.82, 2.24) is 5.32 Å². The molecule has 1 N–H and O–H groups in total. The summed E-state index contributed by atoms with van der Waals surface area (Å²) in [4.78, 5) is 1.32. The van der Waals surface area contributed by atoms with Crippen molar-refractivity contribution in [2.24, 2.45) is 0 Å². The van der Waals surface area contributed by atoms with Crippen LogP contribution in [-0.2, 0) is 12.3 Å². The van der Waals surface area contributed by atoms with E-state index in [0.717, 1.165) is 18.1 Å². The van der Waals surface area contributed by atoms with Crippen LogP contribution in [0.3, 0.4) is 0 Å². The molecule has 20 heavy (non-hydrogen) atoms. The molecule has 1 aromatic heterocycles. The molecular weight excluding hydrogens is 266 g/mol. The van der Waals surface area contributed by atoms with Crippen LogP contribution in [0.1, 0.15) is 37.7 Å². The van der Waals surface area contributed by atoms with Crippen molar-refractivity contribution in [2.75, 3.05) is 0 Å². The lowest BCUT2D eigenvalue weighted by Crippen LogP contribution is -2.35. The van der Waals surface area contributed by atoms with E-state index in [1.807, 2.05) is 23.9 Å². The summed E-state index contributed by atoms with van der Waals surface area (Å²) in [6.45, 7) is 9.65. The van der Waals surface area contributed by atoms with Crippen molar-refractivity contribution in [3.05, 3.63) is 53.5 Å². The predicted molar refractivity (Wildman–Crippen MR) is 86.0 cm³/mol. The molecule has 2 rings (SSSR count). The second-order valence-corrected chi connectivity index (χ2v) is 7.09. The summed E-state index contributed by atoms with van der Waals surface area (Å²) >= 11 is 1.82. The third-order valence-electron chi connectivity index (χ3n) is 3.01. The molecule has 0 aliphatic rings. The van der Waals surface area contributed by atoms with Crippen LogP contribution in [0.5, 0.6) is 0 Å². The van der Waals surface area contributed by atoms with Crippen LogP contribution in [0, 0.1) is 6.92 Å². The first kappa shape index (κ1) is 15.2. The lowest BCUT2D eigenvalue weighted by atomic mass is 10.1. The van der Waals surface area contributed by atoms with Crippen molar-refractivity contribution in [1.29, 1.82) is 0 Å². The summed E-state index contributed by atoms with van der Waals surface area (Å²) in [5.74, 6) is 1.90. The van der Waals surface area contributed by atoms with Gasteiger partial charge in [0.15, 0.2) is 0 Å². The highest BCUT2D eigenvalue weighted by atomic mass is 32.2. The highest BCUT2D eigenvalue weighted by Crippen LogP contribution is 2.27. The van der Waals surface area contributed by atoms with Gasteiger partial charge in [-0.15, -0.1) is 11.8 Å². The van der Waals surface area contributed by atoms with Gasteiger partial charge in [0, 0.05) is 17.0 Å². The van der Waals surface area contributed by atoms with E-state index in [2.05, 4.69) is 51.2 Å². The number of hydrogen-bond acceptors (Lipinski definition) is 3. The van der Waals surface area contributed by atoms with Gasteiger partial charge in [0.25, 0.3) is 0 Å². The molecule has 0 atom stereocenters. The molecule has 0 radical (unpaired) electrons. The Hall–Kier alpha value is -1.19. The third-order valence-corrected chi connectivity index (χ3v) is 4.21. The van der Waals surface area contributed by atoms with Gasteiger partial charge < -0.3 is 9.73 Å². The number of hydrogen-bond donors (Lipinski definition) is 1. The zero-order valence-electron chi connectivity index (χ0n) is 12.7. The maximum atomic E-state index is 5.36. The Morgan fingerprint density at radius 3 is 2.60 bits per heavy atom. The van der Waals surface area contributed by atoms with Gasteiger partial charge in [0.2, 0.25) is 0 Å². The van der Waals surface area contributed by atoms with Gasteiger partial charge in [-0.3, -0.25) is 0 Å². The van der Waals surface area contributed by atoms with E-state index in [1.165, 1.54) is 16.0 Å². The number of thioether (sulfide) groups is 1. The minimum atomic E-state index is 0.153. The molecule has 1 heterocycles. The smallest absolute Gasteiger partial charge is 0.113 e. The number of aryl methyl sites for hydroxylation is 1. The lowest BCUT2D eigenvalue weighted by molar-refractivity contribution is 0.424. The molecule has 0 fully saturated rings. The number of nitrogens with one attached hydrogen (secondary N) is 1. The van der Waals surface area contributed by atoms with E-state index >= 15 is 0 Å². The minimum Gasteiger partial charge on any atom is -0.468 e. The molecule has 0 unspecified atom stereocenters. The normalized spacial score (nSPS) is 11.8. The summed E-state index contributed by atoms with van der Waals surface area (Å²) < 4.78 is 5.36. The van der Waals surface area contributed by atoms with Gasteiger partial charge in [-0.2, -0.15) is 0 Å². The molecule has 0 bridgehead atoms. The SMILES string of the molecule is Cc1cc(CNC(C)(C)C)ccc1SCc1ccco1. The van der Waals surface area contributed by atoms with Crippen LogP contribution < -0.4 is 5.32 Å². The van der Waals surface area contributed by atoms with Crippen LogP contribution in [-0.4, -0.2) is 5.54 Å². The number of rotatable bonds is 5. The fourth-order valence-electron chi connectivity index (χ4n) is 1.89. The van der Waals surface area contributed by atoms with Crippen molar-refractivity contribution in [3.63, 3.8) is 0 Å². The first-order valence-corrected chi connectivity index (χ1v) is 7.92. The monoisotopic (exact) mass is 289 g/mol. The Kier molecular flexibility index (Phi) is 4.95. The van der Waals surface area contributed by atoms with Gasteiger partial charge in [0.1, 0.15) is 5.76 Å². The Morgan fingerprint density at radius 2 is 2.00 bits per heavy atom. The van der Waals surface area contributed by atoms with Crippen LogP contribution in [0.15, 0.2) is 45.9 Å². The van der Waals surface area contributed by atoms with E-state index in [1.54, 1.807) is 6.26 Å². The Bertz CT molecular complexity index is 541. The van der Waals surface area contributed by atoms with E-state index in [9.17, 15) is 0 Å². The van der Waals surface area contributed by atoms with E-state index in [0.29, 0.717) is 0 Å². The zero-order chi connectivity index (χ0) is 14.6. The molecule has 0 saturated heterocycles. The standard InChI is InChI=1S/C17H23NOS/c1-13-10-14(11-18-17(2,3)4)7-8-16(13)20-12-15-6-5-9-19-15/h5-10,18H,11-12H2,1-4H3. The Morgan fingerprint density at radius 1 is 1.20 bits per heavy atom. The molecule has 0 amide bonds. The fourth-order valence-corrected chi connectivity index (χ4v) is 2.81. The van der Waals surface area contributed by atoms with Crippen molar-refractivity contribution >= 4 is 11.8 Å². The maximum absolute atomic E-state index is 5.36. The molecule has 0 saturated carbocycles. The van der Waals surface area contributed by atoms with Crippen molar-refractivity contribution in [3.8, 4) is 0 Å². The predicted octanol–water partition coefficient (Wildman–Crippen LogP) is 4.77. The number of furan rings is 1. The second-order valence-electron chi connectivity index (χ2n) is 6.07. The maximum Gasteiger partial charge on any atom is 0.113 e. The fraction of sp³-hybridized carbons (Fsp3) is 0.412. The highest BCUT2D eigenvalue weighted by Gasteiger charge is 2.09. The van der Waals surface area contributed by atoms with Gasteiger partial charge in [-0.1, -0.05) is 12.1 Å². The van der Waals surface area contributed by atoms with Crippen LogP contribution in [0.2, 0.25) is 0 Å². The first-order valence-electron chi connectivity index (χ1n) is 6.94. The molecule has 0 aliphatic carbocycles. The quantitative estimate of drug-likeness (QED) is 0.803. The van der Waals surface area contributed by atoms with Gasteiger partial charge in [-0.05, 0) is 57.0 Å². The second kappa shape index (κ2) is 6.51. The van der Waals surface area contributed by atoms with Crippen molar-refractivity contribution in [2.45, 2.75) is 50.4 Å². The van der Waals surface area contributed by atoms with Gasteiger partial charge in [-0.25, -0.2) is 0 Å². The molecule has 0 aliphatic heterocycles. The summed E-state index contributed by atoms with van der Waals surface area (Å²) in [5, 5.41) is 3.52.